The highest BCUT2D eigenvalue weighted by Gasteiger charge is 1.89. The molecular weight excluding hydrogens is 216 g/mol. The molecule has 0 N–H and O–H groups in total. The van der Waals surface area contributed by atoms with Gasteiger partial charge in [0.15, 0.2) is 0 Å². The van der Waals surface area contributed by atoms with Crippen molar-refractivity contribution >= 4 is 11.6 Å². The van der Waals surface area contributed by atoms with Gasteiger partial charge in [0.1, 0.15) is 0 Å². The fourth-order valence-corrected chi connectivity index (χ4v) is 1.52. The number of halogens is 1. The normalized spacial score (nSPS) is 9.31. The Labute approximate surface area is 101 Å². The second kappa shape index (κ2) is 5.39. The SMILES string of the molecule is ClCc1ccc(C#Cc2ccccc2)cc1. The van der Waals surface area contributed by atoms with Gasteiger partial charge in [-0.05, 0) is 29.8 Å². The van der Waals surface area contributed by atoms with Crippen molar-refractivity contribution in [3.8, 4) is 11.8 Å². The van der Waals surface area contributed by atoms with E-state index in [0.29, 0.717) is 5.88 Å². The zero-order valence-electron chi connectivity index (χ0n) is 8.78. The maximum Gasteiger partial charge on any atom is 0.0474 e. The summed E-state index contributed by atoms with van der Waals surface area (Å²) in [6.07, 6.45) is 0. The van der Waals surface area contributed by atoms with Gasteiger partial charge < -0.3 is 0 Å². The fourth-order valence-electron chi connectivity index (χ4n) is 1.34. The number of hydrogen-bond acceptors (Lipinski definition) is 0. The minimum absolute atomic E-state index is 0.548. The molecule has 0 saturated heterocycles. The Morgan fingerprint density at radius 1 is 0.750 bits per heavy atom. The predicted molar refractivity (Wildman–Crippen MR) is 68.4 cm³/mol. The number of benzene rings is 2. The summed E-state index contributed by atoms with van der Waals surface area (Å²) in [6.45, 7) is 0. The largest absolute Gasteiger partial charge is 0.122 e. The van der Waals surface area contributed by atoms with E-state index in [1.807, 2.05) is 54.6 Å². The van der Waals surface area contributed by atoms with Crippen LogP contribution in [0.5, 0.6) is 0 Å². The highest BCUT2D eigenvalue weighted by atomic mass is 35.5. The van der Waals surface area contributed by atoms with Crippen molar-refractivity contribution in [3.63, 3.8) is 0 Å². The third-order valence-electron chi connectivity index (χ3n) is 2.23. The molecule has 0 atom stereocenters. The first-order valence-corrected chi connectivity index (χ1v) is 5.64. The number of alkyl halides is 1. The second-order valence-corrected chi connectivity index (χ2v) is 3.71. The average molecular weight is 227 g/mol. The Balaban J connectivity index is 2.18. The zero-order chi connectivity index (χ0) is 11.2. The summed E-state index contributed by atoms with van der Waals surface area (Å²) < 4.78 is 0. The summed E-state index contributed by atoms with van der Waals surface area (Å²) in [5.41, 5.74) is 3.16. The quantitative estimate of drug-likeness (QED) is 0.512. The van der Waals surface area contributed by atoms with Crippen molar-refractivity contribution in [1.82, 2.24) is 0 Å². The lowest BCUT2D eigenvalue weighted by Crippen LogP contribution is -1.79. The lowest BCUT2D eigenvalue weighted by molar-refractivity contribution is 1.40. The molecular formula is C15H11Cl. The summed E-state index contributed by atoms with van der Waals surface area (Å²) >= 11 is 5.72. The molecule has 2 rings (SSSR count). The molecule has 1 heteroatoms. The first-order valence-electron chi connectivity index (χ1n) is 5.10. The van der Waals surface area contributed by atoms with Crippen LogP contribution in [0.25, 0.3) is 0 Å². The molecule has 2 aromatic carbocycles. The molecule has 0 aromatic heterocycles. The molecule has 16 heavy (non-hydrogen) atoms. The van der Waals surface area contributed by atoms with Gasteiger partial charge in [-0.1, -0.05) is 42.2 Å². The van der Waals surface area contributed by atoms with Crippen LogP contribution in [0.15, 0.2) is 54.6 Å². The molecule has 0 bridgehead atoms. The van der Waals surface area contributed by atoms with Crippen LogP contribution in [0, 0.1) is 11.8 Å². The first-order chi connectivity index (χ1) is 7.88. The van der Waals surface area contributed by atoms with Gasteiger partial charge in [-0.3, -0.25) is 0 Å². The van der Waals surface area contributed by atoms with Crippen LogP contribution in [0.4, 0.5) is 0 Å². The Kier molecular flexibility index (Phi) is 3.64. The summed E-state index contributed by atoms with van der Waals surface area (Å²) in [7, 11) is 0. The maximum absolute atomic E-state index is 5.72. The maximum atomic E-state index is 5.72. The van der Waals surface area contributed by atoms with Gasteiger partial charge in [0.25, 0.3) is 0 Å². The van der Waals surface area contributed by atoms with Gasteiger partial charge in [-0.15, -0.1) is 11.6 Å². The van der Waals surface area contributed by atoms with Crippen molar-refractivity contribution in [3.05, 3.63) is 71.3 Å². The van der Waals surface area contributed by atoms with Crippen molar-refractivity contribution in [2.24, 2.45) is 0 Å². The van der Waals surface area contributed by atoms with E-state index in [4.69, 9.17) is 11.6 Å². The van der Waals surface area contributed by atoms with Crippen LogP contribution in [0.3, 0.4) is 0 Å². The molecule has 0 spiro atoms. The molecule has 78 valence electrons. The molecule has 0 aliphatic heterocycles. The van der Waals surface area contributed by atoms with Crippen molar-refractivity contribution in [2.75, 3.05) is 0 Å². The van der Waals surface area contributed by atoms with Gasteiger partial charge in [0.2, 0.25) is 0 Å². The van der Waals surface area contributed by atoms with Crippen molar-refractivity contribution < 1.29 is 0 Å². The lowest BCUT2D eigenvalue weighted by Gasteiger charge is -1.94. The molecule has 0 aliphatic rings. The molecule has 2 aromatic rings. The van der Waals surface area contributed by atoms with E-state index in [9.17, 15) is 0 Å². The van der Waals surface area contributed by atoms with E-state index >= 15 is 0 Å². The van der Waals surface area contributed by atoms with Gasteiger partial charge in [-0.2, -0.15) is 0 Å². The summed E-state index contributed by atoms with van der Waals surface area (Å²) in [4.78, 5) is 0. The third kappa shape index (κ3) is 2.89. The van der Waals surface area contributed by atoms with Crippen LogP contribution in [0.2, 0.25) is 0 Å². The van der Waals surface area contributed by atoms with Gasteiger partial charge in [0, 0.05) is 17.0 Å². The summed E-state index contributed by atoms with van der Waals surface area (Å²) in [5, 5.41) is 0. The molecule has 0 unspecified atom stereocenters. The molecule has 0 radical (unpaired) electrons. The van der Waals surface area contributed by atoms with Gasteiger partial charge in [0.05, 0.1) is 0 Å². The van der Waals surface area contributed by atoms with Crippen LogP contribution >= 0.6 is 11.6 Å². The van der Waals surface area contributed by atoms with E-state index in [1.165, 1.54) is 0 Å². The standard InChI is InChI=1S/C15H11Cl/c16-12-15-10-8-14(9-11-15)7-6-13-4-2-1-3-5-13/h1-5,8-11H,12H2. The van der Waals surface area contributed by atoms with Gasteiger partial charge >= 0.3 is 0 Å². The molecule has 0 heterocycles. The highest BCUT2D eigenvalue weighted by Crippen LogP contribution is 2.06. The van der Waals surface area contributed by atoms with Crippen LogP contribution in [-0.2, 0) is 5.88 Å². The van der Waals surface area contributed by atoms with E-state index in [2.05, 4.69) is 11.8 Å². The Morgan fingerprint density at radius 2 is 1.31 bits per heavy atom. The summed E-state index contributed by atoms with van der Waals surface area (Å²) in [5.74, 6) is 6.78. The molecule has 0 aliphatic carbocycles. The average Bonchev–Trinajstić information content (AvgIpc) is 2.38. The van der Waals surface area contributed by atoms with Gasteiger partial charge in [-0.25, -0.2) is 0 Å². The van der Waals surface area contributed by atoms with Crippen molar-refractivity contribution in [2.45, 2.75) is 5.88 Å². The topological polar surface area (TPSA) is 0 Å². The fraction of sp³-hybridized carbons (Fsp3) is 0.0667. The zero-order valence-corrected chi connectivity index (χ0v) is 9.54. The Morgan fingerprint density at radius 3 is 1.88 bits per heavy atom. The van der Waals surface area contributed by atoms with Crippen LogP contribution in [-0.4, -0.2) is 0 Å². The summed E-state index contributed by atoms with van der Waals surface area (Å²) in [6, 6.07) is 18.0. The minimum atomic E-state index is 0.548. The Hall–Kier alpha value is -1.71. The van der Waals surface area contributed by atoms with E-state index in [0.717, 1.165) is 16.7 Å². The monoisotopic (exact) mass is 226 g/mol. The molecule has 0 saturated carbocycles. The minimum Gasteiger partial charge on any atom is -0.122 e. The number of rotatable bonds is 1. The molecule has 0 amide bonds. The Bertz CT molecular complexity index is 501. The van der Waals surface area contributed by atoms with Crippen LogP contribution < -0.4 is 0 Å². The smallest absolute Gasteiger partial charge is 0.0474 e. The van der Waals surface area contributed by atoms with E-state index in [-0.39, 0.29) is 0 Å². The van der Waals surface area contributed by atoms with E-state index < -0.39 is 0 Å². The van der Waals surface area contributed by atoms with Crippen LogP contribution in [0.1, 0.15) is 16.7 Å². The molecule has 0 fully saturated rings. The predicted octanol–water partition coefficient (Wildman–Crippen LogP) is 3.83. The highest BCUT2D eigenvalue weighted by molar-refractivity contribution is 6.17. The lowest BCUT2D eigenvalue weighted by atomic mass is 10.1. The second-order valence-electron chi connectivity index (χ2n) is 3.45. The molecule has 0 nitrogen and oxygen atoms in total. The van der Waals surface area contributed by atoms with E-state index in [1.54, 1.807) is 0 Å². The number of hydrogen-bond donors (Lipinski definition) is 0. The first kappa shape index (κ1) is 10.8. The van der Waals surface area contributed by atoms with Crippen molar-refractivity contribution in [1.29, 1.82) is 0 Å². The third-order valence-corrected chi connectivity index (χ3v) is 2.54.